The third kappa shape index (κ3) is 2.51. The maximum absolute atomic E-state index is 3.63. The van der Waals surface area contributed by atoms with Gasteiger partial charge in [-0.05, 0) is 37.4 Å². The second kappa shape index (κ2) is 5.17. The van der Waals surface area contributed by atoms with Crippen molar-refractivity contribution in [3.8, 4) is 0 Å². The standard InChI is InChI=1S/C13H20N2/c1-2-9-14-13-8-5-10-15-12-7-4-3-6-11(12)13/h3-4,6-7,13-15H,2,5,8-10H2,1H3. The molecule has 1 heterocycles. The predicted molar refractivity (Wildman–Crippen MR) is 65.2 cm³/mol. The lowest BCUT2D eigenvalue weighted by molar-refractivity contribution is 0.498. The van der Waals surface area contributed by atoms with Crippen LogP contribution in [-0.4, -0.2) is 13.1 Å². The second-order valence-corrected chi connectivity index (χ2v) is 4.16. The molecule has 1 aromatic rings. The Morgan fingerprint density at radius 1 is 1.40 bits per heavy atom. The third-order valence-electron chi connectivity index (χ3n) is 2.96. The maximum Gasteiger partial charge on any atom is 0.0388 e. The van der Waals surface area contributed by atoms with Crippen LogP contribution < -0.4 is 10.6 Å². The average molecular weight is 204 g/mol. The highest BCUT2D eigenvalue weighted by atomic mass is 14.9. The molecule has 2 heteroatoms. The monoisotopic (exact) mass is 204 g/mol. The van der Waals surface area contributed by atoms with Gasteiger partial charge in [-0.25, -0.2) is 0 Å². The molecular weight excluding hydrogens is 184 g/mol. The fourth-order valence-electron chi connectivity index (χ4n) is 2.18. The molecule has 2 N–H and O–H groups in total. The van der Waals surface area contributed by atoms with Crippen LogP contribution in [-0.2, 0) is 0 Å². The van der Waals surface area contributed by atoms with Crippen molar-refractivity contribution in [3.05, 3.63) is 29.8 Å². The van der Waals surface area contributed by atoms with E-state index in [1.54, 1.807) is 0 Å². The Kier molecular flexibility index (Phi) is 3.62. The molecule has 2 rings (SSSR count). The zero-order chi connectivity index (χ0) is 10.5. The van der Waals surface area contributed by atoms with E-state index in [0.29, 0.717) is 6.04 Å². The molecule has 0 saturated heterocycles. The van der Waals surface area contributed by atoms with Gasteiger partial charge in [-0.15, -0.1) is 0 Å². The van der Waals surface area contributed by atoms with Gasteiger partial charge >= 0.3 is 0 Å². The van der Waals surface area contributed by atoms with Gasteiger partial charge < -0.3 is 10.6 Å². The van der Waals surface area contributed by atoms with E-state index < -0.39 is 0 Å². The topological polar surface area (TPSA) is 24.1 Å². The van der Waals surface area contributed by atoms with E-state index >= 15 is 0 Å². The smallest absolute Gasteiger partial charge is 0.0388 e. The normalized spacial score (nSPS) is 20.2. The van der Waals surface area contributed by atoms with Gasteiger partial charge in [-0.2, -0.15) is 0 Å². The first-order valence-electron chi connectivity index (χ1n) is 5.98. The first kappa shape index (κ1) is 10.5. The molecule has 1 atom stereocenters. The summed E-state index contributed by atoms with van der Waals surface area (Å²) in [7, 11) is 0. The number of rotatable bonds is 3. The fourth-order valence-corrected chi connectivity index (χ4v) is 2.18. The van der Waals surface area contributed by atoms with Crippen LogP contribution >= 0.6 is 0 Å². The van der Waals surface area contributed by atoms with Crippen molar-refractivity contribution in [2.75, 3.05) is 18.4 Å². The van der Waals surface area contributed by atoms with Gasteiger partial charge in [-0.3, -0.25) is 0 Å². The van der Waals surface area contributed by atoms with Crippen LogP contribution in [0.3, 0.4) is 0 Å². The Balaban J connectivity index is 2.17. The molecular formula is C13H20N2. The molecule has 0 saturated carbocycles. The van der Waals surface area contributed by atoms with Crippen molar-refractivity contribution < 1.29 is 0 Å². The molecule has 1 unspecified atom stereocenters. The average Bonchev–Trinajstić information content (AvgIpc) is 2.49. The molecule has 82 valence electrons. The summed E-state index contributed by atoms with van der Waals surface area (Å²) in [5, 5.41) is 7.12. The first-order valence-corrected chi connectivity index (χ1v) is 5.98. The van der Waals surface area contributed by atoms with Gasteiger partial charge in [0.15, 0.2) is 0 Å². The lowest BCUT2D eigenvalue weighted by Crippen LogP contribution is -2.21. The van der Waals surface area contributed by atoms with E-state index in [-0.39, 0.29) is 0 Å². The van der Waals surface area contributed by atoms with Crippen molar-refractivity contribution in [1.29, 1.82) is 0 Å². The highest BCUT2D eigenvalue weighted by molar-refractivity contribution is 5.53. The maximum atomic E-state index is 3.63. The molecule has 0 bridgehead atoms. The molecule has 2 nitrogen and oxygen atoms in total. The van der Waals surface area contributed by atoms with Gasteiger partial charge in [0, 0.05) is 18.3 Å². The molecule has 0 fully saturated rings. The van der Waals surface area contributed by atoms with Crippen LogP contribution in [0.4, 0.5) is 5.69 Å². The molecule has 1 aliphatic heterocycles. The van der Waals surface area contributed by atoms with E-state index in [0.717, 1.165) is 13.1 Å². The summed E-state index contributed by atoms with van der Waals surface area (Å²) in [6.07, 6.45) is 3.69. The number of fused-ring (bicyclic) bond motifs is 1. The number of hydrogen-bond acceptors (Lipinski definition) is 2. The van der Waals surface area contributed by atoms with Crippen LogP contribution in [0.1, 0.15) is 37.8 Å². The minimum Gasteiger partial charge on any atom is -0.385 e. The summed E-state index contributed by atoms with van der Waals surface area (Å²) < 4.78 is 0. The van der Waals surface area contributed by atoms with Crippen molar-refractivity contribution in [2.45, 2.75) is 32.2 Å². The Hall–Kier alpha value is -1.02. The molecule has 0 radical (unpaired) electrons. The van der Waals surface area contributed by atoms with Crippen LogP contribution in [0.2, 0.25) is 0 Å². The molecule has 0 spiro atoms. The van der Waals surface area contributed by atoms with Crippen LogP contribution in [0.25, 0.3) is 0 Å². The number of para-hydroxylation sites is 1. The zero-order valence-corrected chi connectivity index (χ0v) is 9.42. The minimum absolute atomic E-state index is 0.538. The Bertz CT molecular complexity index is 309. The number of hydrogen-bond donors (Lipinski definition) is 2. The molecule has 1 aromatic carbocycles. The summed E-state index contributed by atoms with van der Waals surface area (Å²) in [5.41, 5.74) is 2.74. The summed E-state index contributed by atoms with van der Waals surface area (Å²) in [5.74, 6) is 0. The molecule has 0 amide bonds. The van der Waals surface area contributed by atoms with Crippen molar-refractivity contribution >= 4 is 5.69 Å². The molecule has 0 aromatic heterocycles. The van der Waals surface area contributed by atoms with Crippen molar-refractivity contribution in [2.24, 2.45) is 0 Å². The molecule has 0 aliphatic carbocycles. The van der Waals surface area contributed by atoms with Crippen molar-refractivity contribution in [3.63, 3.8) is 0 Å². The van der Waals surface area contributed by atoms with Crippen LogP contribution in [0.5, 0.6) is 0 Å². The number of anilines is 1. The minimum atomic E-state index is 0.538. The zero-order valence-electron chi connectivity index (χ0n) is 9.42. The lowest BCUT2D eigenvalue weighted by Gasteiger charge is -2.18. The van der Waals surface area contributed by atoms with Gasteiger partial charge in [-0.1, -0.05) is 25.1 Å². The highest BCUT2D eigenvalue weighted by Crippen LogP contribution is 2.28. The summed E-state index contributed by atoms with van der Waals surface area (Å²) >= 11 is 0. The van der Waals surface area contributed by atoms with E-state index in [1.807, 2.05) is 0 Å². The Morgan fingerprint density at radius 3 is 3.13 bits per heavy atom. The SMILES string of the molecule is CCCNC1CCCNc2ccccc21. The van der Waals surface area contributed by atoms with E-state index in [1.165, 1.54) is 30.5 Å². The quantitative estimate of drug-likeness (QED) is 0.791. The number of nitrogens with one attached hydrogen (secondary N) is 2. The highest BCUT2D eigenvalue weighted by Gasteiger charge is 2.16. The first-order chi connectivity index (χ1) is 7.42. The number of benzene rings is 1. The Labute approximate surface area is 92.1 Å². The third-order valence-corrected chi connectivity index (χ3v) is 2.96. The molecule has 15 heavy (non-hydrogen) atoms. The van der Waals surface area contributed by atoms with E-state index in [2.05, 4.69) is 41.8 Å². The largest absolute Gasteiger partial charge is 0.385 e. The Morgan fingerprint density at radius 2 is 2.27 bits per heavy atom. The van der Waals surface area contributed by atoms with Crippen molar-refractivity contribution in [1.82, 2.24) is 5.32 Å². The van der Waals surface area contributed by atoms with Gasteiger partial charge in [0.25, 0.3) is 0 Å². The predicted octanol–water partition coefficient (Wildman–Crippen LogP) is 2.93. The summed E-state index contributed by atoms with van der Waals surface area (Å²) in [4.78, 5) is 0. The summed E-state index contributed by atoms with van der Waals surface area (Å²) in [6.45, 7) is 4.42. The fraction of sp³-hybridized carbons (Fsp3) is 0.538. The van der Waals surface area contributed by atoms with E-state index in [9.17, 15) is 0 Å². The molecule has 1 aliphatic rings. The van der Waals surface area contributed by atoms with Gasteiger partial charge in [0.1, 0.15) is 0 Å². The van der Waals surface area contributed by atoms with Crippen LogP contribution in [0.15, 0.2) is 24.3 Å². The van der Waals surface area contributed by atoms with Crippen LogP contribution in [0, 0.1) is 0 Å². The second-order valence-electron chi connectivity index (χ2n) is 4.16. The van der Waals surface area contributed by atoms with E-state index in [4.69, 9.17) is 0 Å². The lowest BCUT2D eigenvalue weighted by atomic mass is 10.0. The van der Waals surface area contributed by atoms with Gasteiger partial charge in [0.05, 0.1) is 0 Å². The van der Waals surface area contributed by atoms with Gasteiger partial charge in [0.2, 0.25) is 0 Å². The summed E-state index contributed by atoms with van der Waals surface area (Å²) in [6, 6.07) is 9.19.